The average Bonchev–Trinajstić information content (AvgIpc) is 3.67. The maximum atomic E-state index is 12.4. The molecule has 7 rings (SSSR count). The van der Waals surface area contributed by atoms with Crippen molar-refractivity contribution in [2.45, 2.75) is 135 Å². The largest absolute Gasteiger partial charge is 0.512 e. The van der Waals surface area contributed by atoms with Crippen molar-refractivity contribution in [3.8, 4) is 45.3 Å². The molecular weight excluding hydrogens is 1060 g/mol. The van der Waals surface area contributed by atoms with E-state index >= 15 is 0 Å². The molecule has 1 aliphatic rings. The van der Waals surface area contributed by atoms with Crippen LogP contribution in [0.25, 0.3) is 31.9 Å². The number of hydrogen-bond acceptors (Lipinski definition) is 12. The Balaban J connectivity index is 0.000000331. The van der Waals surface area contributed by atoms with Gasteiger partial charge in [-0.1, -0.05) is 176 Å². The summed E-state index contributed by atoms with van der Waals surface area (Å²) in [6.07, 6.45) is 24.6. The normalized spacial score (nSPS) is 11.3. The molecule has 0 aliphatic carbocycles. The fourth-order valence-corrected chi connectivity index (χ4v) is 9.14. The number of rotatable bonds is 32. The molecule has 5 N–H and O–H groups in total. The molecule has 6 aromatic rings. The second-order valence-electron chi connectivity index (χ2n) is 20.4. The van der Waals surface area contributed by atoms with Crippen molar-refractivity contribution in [1.82, 2.24) is 4.90 Å². The smallest absolute Gasteiger partial charge is 0.338 e. The van der Waals surface area contributed by atoms with E-state index in [1.54, 1.807) is 18.2 Å². The number of carbonyl (C=O) groups excluding carboxylic acids is 2. The molecule has 1 aliphatic heterocycles. The summed E-state index contributed by atoms with van der Waals surface area (Å²) in [5, 5.41) is 24.1. The summed E-state index contributed by atoms with van der Waals surface area (Å²) in [5.74, 6) is 2.23. The van der Waals surface area contributed by atoms with Gasteiger partial charge in [0.05, 0.1) is 50.7 Å². The van der Waals surface area contributed by atoms with Crippen molar-refractivity contribution in [2.75, 3.05) is 47.3 Å². The van der Waals surface area contributed by atoms with Crippen molar-refractivity contribution in [2.24, 2.45) is 5.73 Å². The molecular formula is C70H88N4O10. The predicted octanol–water partition coefficient (Wildman–Crippen LogP) is 17.7. The average molecular weight is 1150 g/mol. The Kier molecular flexibility index (Phi) is 34.5. The minimum Gasteiger partial charge on any atom is -0.512 e. The maximum Gasteiger partial charge on any atom is 0.338 e. The lowest BCUT2D eigenvalue weighted by Gasteiger charge is -2.25. The topological polar surface area (TPSA) is 179 Å². The molecule has 0 saturated heterocycles. The zero-order chi connectivity index (χ0) is 60.2. The Bertz CT molecular complexity index is 2840. The molecule has 0 spiro atoms. The van der Waals surface area contributed by atoms with Crippen LogP contribution in [0.1, 0.15) is 155 Å². The molecule has 14 nitrogen and oxygen atoms in total. The van der Waals surface area contributed by atoms with Gasteiger partial charge in [-0.2, -0.15) is 0 Å². The highest BCUT2D eigenvalue weighted by Crippen LogP contribution is 2.28. The summed E-state index contributed by atoms with van der Waals surface area (Å²) >= 11 is 0. The van der Waals surface area contributed by atoms with Gasteiger partial charge in [0.1, 0.15) is 42.3 Å². The first-order valence-electron chi connectivity index (χ1n) is 29.7. The molecule has 0 atom stereocenters. The first kappa shape index (κ1) is 68.2. The number of benzene rings is 6. The highest BCUT2D eigenvalue weighted by Gasteiger charge is 2.17. The van der Waals surface area contributed by atoms with E-state index in [1.165, 1.54) is 109 Å². The lowest BCUT2D eigenvalue weighted by atomic mass is 10.1. The Morgan fingerprint density at radius 2 is 0.821 bits per heavy atom. The van der Waals surface area contributed by atoms with E-state index in [0.29, 0.717) is 55.0 Å². The Labute approximate surface area is 499 Å². The lowest BCUT2D eigenvalue weighted by Crippen LogP contribution is -2.28. The first-order chi connectivity index (χ1) is 41.2. The second-order valence-corrected chi connectivity index (χ2v) is 20.4. The van der Waals surface area contributed by atoms with Crippen LogP contribution in [0.4, 0.5) is 11.4 Å². The summed E-state index contributed by atoms with van der Waals surface area (Å²) in [6.45, 7) is 17.9. The third-order valence-corrected chi connectivity index (χ3v) is 13.8. The van der Waals surface area contributed by atoms with Crippen LogP contribution < -0.4 is 19.9 Å². The number of aromatic hydroxyl groups is 1. The number of ether oxygens (including phenoxy) is 5. The molecule has 14 heteroatoms. The molecule has 6 aromatic carbocycles. The number of unbranched alkanes of at least 4 members (excludes halogenated alkanes) is 18. The fraction of sp³-hybridized carbons (Fsp3) is 0.400. The molecule has 1 heterocycles. The third-order valence-electron chi connectivity index (χ3n) is 13.8. The van der Waals surface area contributed by atoms with Gasteiger partial charge in [0, 0.05) is 12.1 Å². The number of phenols is 1. The zero-order valence-electron chi connectivity index (χ0n) is 49.4. The Morgan fingerprint density at radius 1 is 0.488 bits per heavy atom. The van der Waals surface area contributed by atoms with Gasteiger partial charge in [-0.05, 0) is 129 Å². The number of nitrogens with two attached hydrogens (primary N) is 1. The van der Waals surface area contributed by atoms with Crippen molar-refractivity contribution in [3.05, 3.63) is 192 Å². The first-order valence-corrected chi connectivity index (χ1v) is 29.7. The van der Waals surface area contributed by atoms with Crippen molar-refractivity contribution >= 4 is 23.3 Å². The second kappa shape index (κ2) is 42.5. The molecule has 0 amide bonds. The quantitative estimate of drug-likeness (QED) is 0.0136. The number of fused-ring (bicyclic) bond motifs is 1. The van der Waals surface area contributed by atoms with Crippen molar-refractivity contribution < 1.29 is 48.6 Å². The molecule has 0 fully saturated rings. The van der Waals surface area contributed by atoms with Crippen LogP contribution in [0.15, 0.2) is 152 Å². The van der Waals surface area contributed by atoms with Crippen molar-refractivity contribution in [1.29, 1.82) is 0 Å². The molecule has 448 valence electrons. The summed E-state index contributed by atoms with van der Waals surface area (Å²) in [4.78, 5) is 33.2. The highest BCUT2D eigenvalue weighted by atomic mass is 16.5. The SMILES string of the molecule is CN.O/C=C/O.[C-]#[N+]c1ccc(-c2ccc(OCCCCCCCCCCCCOC(=O)c3ccc(O)cc3)cc2)cc1.[C-]#[N+]c1ccc(-c2ccc(OCCCCCCCCCCCCOC(=O)c3ccc4c(c3)CN(C)CO4)cc2)cc1. The standard InChI is InChI=1S/C35H42N2O4.C32H37NO4.C2H4O2.CH5N/c1-36-32-18-13-28(14-19-32)29-15-20-33(21-16-29)39-23-11-9-7-5-3-4-6-8-10-12-24-40-35(38)30-17-22-34-31(25-30)26-37(2)27-41-34;1-33-29-18-12-26(13-19-29)27-16-22-31(23-17-27)36-24-10-8-6-4-2-3-5-7-9-11-25-37-32(35)28-14-20-30(34)21-15-28;3-1-2-4;1-2/h13-22,25H,3-12,23-24,26-27H2,2H3;12-23,34H,2-11,24-25H2;1-4H;2H2,1H3/b;;2-1+;. The number of aliphatic hydroxyl groups excluding tert-OH is 2. The van der Waals surface area contributed by atoms with Crippen LogP contribution in [-0.2, 0) is 16.0 Å². The molecule has 0 bridgehead atoms. The summed E-state index contributed by atoms with van der Waals surface area (Å²) in [7, 11) is 3.49. The van der Waals surface area contributed by atoms with Crippen LogP contribution in [0, 0.1) is 13.1 Å². The van der Waals surface area contributed by atoms with E-state index in [4.69, 9.17) is 47.0 Å². The summed E-state index contributed by atoms with van der Waals surface area (Å²) in [5.41, 5.74) is 12.4. The van der Waals surface area contributed by atoms with E-state index < -0.39 is 0 Å². The van der Waals surface area contributed by atoms with Gasteiger partial charge in [0.25, 0.3) is 0 Å². The predicted molar refractivity (Wildman–Crippen MR) is 336 cm³/mol. The van der Waals surface area contributed by atoms with Crippen LogP contribution in [0.5, 0.6) is 23.0 Å². The molecule has 0 saturated carbocycles. The number of carbonyl (C=O) groups is 2. The van der Waals surface area contributed by atoms with Crippen LogP contribution in [0.3, 0.4) is 0 Å². The minimum atomic E-state index is -0.330. The van der Waals surface area contributed by atoms with Gasteiger partial charge in [0.2, 0.25) is 0 Å². The lowest BCUT2D eigenvalue weighted by molar-refractivity contribution is 0.0488. The number of aliphatic hydroxyl groups is 2. The van der Waals surface area contributed by atoms with Gasteiger partial charge < -0.3 is 44.7 Å². The van der Waals surface area contributed by atoms with E-state index in [2.05, 4.69) is 44.6 Å². The van der Waals surface area contributed by atoms with Gasteiger partial charge >= 0.3 is 11.9 Å². The number of esters is 2. The van der Waals surface area contributed by atoms with Crippen LogP contribution in [0.2, 0.25) is 0 Å². The van der Waals surface area contributed by atoms with E-state index in [0.717, 1.165) is 103 Å². The molecule has 84 heavy (non-hydrogen) atoms. The van der Waals surface area contributed by atoms with E-state index in [9.17, 15) is 14.7 Å². The molecule has 0 radical (unpaired) electrons. The third kappa shape index (κ3) is 27.6. The summed E-state index contributed by atoms with van der Waals surface area (Å²) < 4.78 is 28.2. The maximum absolute atomic E-state index is 12.4. The van der Waals surface area contributed by atoms with Gasteiger partial charge in [-0.15, -0.1) is 0 Å². The molecule has 0 unspecified atom stereocenters. The molecule has 0 aromatic heterocycles. The monoisotopic (exact) mass is 1140 g/mol. The van der Waals surface area contributed by atoms with Crippen molar-refractivity contribution in [3.63, 3.8) is 0 Å². The van der Waals surface area contributed by atoms with Crippen LogP contribution >= 0.6 is 0 Å². The zero-order valence-corrected chi connectivity index (χ0v) is 49.4. The van der Waals surface area contributed by atoms with E-state index in [-0.39, 0.29) is 17.7 Å². The number of nitrogens with zero attached hydrogens (tertiary/aromatic N) is 3. The number of phenolic OH excluding ortho intramolecular Hbond substituents is 1. The van der Waals surface area contributed by atoms with E-state index in [1.807, 2.05) is 92.0 Å². The van der Waals surface area contributed by atoms with Crippen LogP contribution in [-0.4, -0.2) is 79.4 Å². The minimum absolute atomic E-state index is 0.144. The fourth-order valence-electron chi connectivity index (χ4n) is 9.14. The van der Waals surface area contributed by atoms with Gasteiger partial charge in [0.15, 0.2) is 11.4 Å². The Morgan fingerprint density at radius 3 is 1.19 bits per heavy atom. The van der Waals surface area contributed by atoms with Gasteiger partial charge in [-0.3, -0.25) is 4.90 Å². The number of hydrogen-bond donors (Lipinski definition) is 4. The highest BCUT2D eigenvalue weighted by molar-refractivity contribution is 5.90. The van der Waals surface area contributed by atoms with Gasteiger partial charge in [-0.25, -0.2) is 19.3 Å². The Hall–Kier alpha value is -8.30. The summed E-state index contributed by atoms with van der Waals surface area (Å²) in [6, 6.07) is 43.3.